The molecule has 0 spiro atoms. The molecule has 2 aliphatic carbocycles. The maximum Gasteiger partial charge on any atom is -0.00475 e. The van der Waals surface area contributed by atoms with Crippen LogP contribution in [-0.4, -0.2) is 0 Å². The molecule has 0 aromatic heterocycles. The fraction of sp³-hybridized carbons (Fsp3) is 0.647. The Morgan fingerprint density at radius 2 is 1.88 bits per heavy atom. The van der Waals surface area contributed by atoms with E-state index < -0.39 is 0 Å². The fourth-order valence-electron chi connectivity index (χ4n) is 3.94. The number of hydrogen-bond donors (Lipinski definition) is 0. The fourth-order valence-corrected chi connectivity index (χ4v) is 3.94. The Bertz CT molecular complexity index is 333. The summed E-state index contributed by atoms with van der Waals surface area (Å²) in [5.74, 6) is 1.00. The molecule has 0 N–H and O–H groups in total. The van der Waals surface area contributed by atoms with Crippen molar-refractivity contribution in [1.82, 2.24) is 0 Å². The van der Waals surface area contributed by atoms with Crippen molar-refractivity contribution in [3.8, 4) is 0 Å². The van der Waals surface area contributed by atoms with Crippen molar-refractivity contribution < 1.29 is 0 Å². The summed E-state index contributed by atoms with van der Waals surface area (Å²) in [5, 5.41) is 0. The Labute approximate surface area is 106 Å². The van der Waals surface area contributed by atoms with Gasteiger partial charge < -0.3 is 0 Å². The molecule has 0 heterocycles. The molecule has 0 radical (unpaired) electrons. The van der Waals surface area contributed by atoms with Gasteiger partial charge in [-0.05, 0) is 50.0 Å². The van der Waals surface area contributed by atoms with Crippen LogP contribution in [0.1, 0.15) is 58.8 Å². The summed E-state index contributed by atoms with van der Waals surface area (Å²) >= 11 is 0. The first kappa shape index (κ1) is 12.7. The van der Waals surface area contributed by atoms with E-state index in [1.165, 1.54) is 50.5 Å². The van der Waals surface area contributed by atoms with Crippen LogP contribution < -0.4 is 0 Å². The van der Waals surface area contributed by atoms with Crippen molar-refractivity contribution in [2.75, 3.05) is 0 Å². The van der Waals surface area contributed by atoms with Gasteiger partial charge >= 0.3 is 0 Å². The molecule has 0 aliphatic heterocycles. The predicted molar refractivity (Wildman–Crippen MR) is 76.0 cm³/mol. The number of fused-ring (bicyclic) bond motifs is 2. The molecule has 0 heteroatoms. The Morgan fingerprint density at radius 3 is 2.41 bits per heavy atom. The smallest absolute Gasteiger partial charge is 0.00475 e. The van der Waals surface area contributed by atoms with E-state index in [4.69, 9.17) is 0 Å². The van der Waals surface area contributed by atoms with Gasteiger partial charge in [-0.2, -0.15) is 0 Å². The van der Waals surface area contributed by atoms with Crippen LogP contribution in [-0.2, 0) is 0 Å². The maximum atomic E-state index is 3.88. The van der Waals surface area contributed by atoms with Crippen LogP contribution in [0.25, 0.3) is 0 Å². The minimum absolute atomic E-state index is 0.514. The summed E-state index contributed by atoms with van der Waals surface area (Å²) in [5.41, 5.74) is 3.40. The molecule has 2 fully saturated rings. The van der Waals surface area contributed by atoms with Crippen LogP contribution in [0.4, 0.5) is 0 Å². The van der Waals surface area contributed by atoms with Crippen LogP contribution in [0.15, 0.2) is 36.0 Å². The van der Waals surface area contributed by atoms with Gasteiger partial charge in [-0.15, -0.1) is 0 Å². The summed E-state index contributed by atoms with van der Waals surface area (Å²) < 4.78 is 0. The zero-order valence-electron chi connectivity index (χ0n) is 11.5. The monoisotopic (exact) mass is 230 g/mol. The summed E-state index contributed by atoms with van der Waals surface area (Å²) in [7, 11) is 0. The SMILES string of the molecule is C=C/C(C)=C\C(=C/C)C12CCCC(CCC1)C2. The summed E-state index contributed by atoms with van der Waals surface area (Å²) in [4.78, 5) is 0. The molecule has 2 saturated carbocycles. The number of hydrogen-bond acceptors (Lipinski definition) is 0. The average Bonchev–Trinajstić information content (AvgIpc) is 2.35. The molecular formula is C17H26. The van der Waals surface area contributed by atoms with E-state index in [0.29, 0.717) is 5.41 Å². The second-order valence-electron chi connectivity index (χ2n) is 5.97. The molecule has 2 rings (SSSR count). The summed E-state index contributed by atoms with van der Waals surface area (Å²) in [6.45, 7) is 8.24. The van der Waals surface area contributed by atoms with Gasteiger partial charge in [0.25, 0.3) is 0 Å². The predicted octanol–water partition coefficient (Wildman–Crippen LogP) is 5.43. The third-order valence-electron chi connectivity index (χ3n) is 4.84. The molecule has 0 saturated heterocycles. The standard InChI is InChI=1S/C17H26/c1-4-14(3)12-16(5-2)17-10-6-8-15(13-17)9-7-11-17/h4-5,12,15H,1,6-11,13H2,2-3H3/b14-12-,16-5+. The highest BCUT2D eigenvalue weighted by Crippen LogP contribution is 2.53. The van der Waals surface area contributed by atoms with Gasteiger partial charge in [-0.25, -0.2) is 0 Å². The number of allylic oxidation sites excluding steroid dienone is 5. The summed E-state index contributed by atoms with van der Waals surface area (Å²) in [6.07, 6.45) is 16.8. The zero-order chi connectivity index (χ0) is 12.3. The van der Waals surface area contributed by atoms with E-state index in [2.05, 4.69) is 32.6 Å². The molecule has 0 atom stereocenters. The van der Waals surface area contributed by atoms with E-state index in [9.17, 15) is 0 Å². The van der Waals surface area contributed by atoms with Crippen molar-refractivity contribution in [3.05, 3.63) is 36.0 Å². The normalized spacial score (nSPS) is 34.6. The first-order valence-corrected chi connectivity index (χ1v) is 7.18. The molecule has 0 aromatic carbocycles. The van der Waals surface area contributed by atoms with Gasteiger partial charge in [0, 0.05) is 0 Å². The average molecular weight is 230 g/mol. The van der Waals surface area contributed by atoms with Gasteiger partial charge in [0.2, 0.25) is 0 Å². The highest BCUT2D eigenvalue weighted by molar-refractivity contribution is 5.33. The van der Waals surface area contributed by atoms with Gasteiger partial charge in [-0.3, -0.25) is 0 Å². The van der Waals surface area contributed by atoms with Crippen LogP contribution in [0.2, 0.25) is 0 Å². The largest absolute Gasteiger partial charge is 0.0988 e. The molecule has 0 amide bonds. The van der Waals surface area contributed by atoms with Crippen molar-refractivity contribution >= 4 is 0 Å². The second-order valence-corrected chi connectivity index (χ2v) is 5.97. The van der Waals surface area contributed by atoms with Crippen molar-refractivity contribution in [3.63, 3.8) is 0 Å². The minimum atomic E-state index is 0.514. The van der Waals surface area contributed by atoms with Gasteiger partial charge in [0.1, 0.15) is 0 Å². The van der Waals surface area contributed by atoms with Gasteiger partial charge in [0.05, 0.1) is 0 Å². The molecule has 0 unspecified atom stereocenters. The molecule has 0 aromatic rings. The van der Waals surface area contributed by atoms with Gasteiger partial charge in [0.15, 0.2) is 0 Å². The number of rotatable bonds is 3. The molecule has 2 bridgehead atoms. The van der Waals surface area contributed by atoms with Crippen molar-refractivity contribution in [1.29, 1.82) is 0 Å². The Hall–Kier alpha value is -0.780. The van der Waals surface area contributed by atoms with Crippen LogP contribution >= 0.6 is 0 Å². The Balaban J connectivity index is 2.26. The first-order valence-electron chi connectivity index (χ1n) is 7.18. The quantitative estimate of drug-likeness (QED) is 0.567. The van der Waals surface area contributed by atoms with Crippen molar-refractivity contribution in [2.24, 2.45) is 11.3 Å². The maximum absolute atomic E-state index is 3.88. The lowest BCUT2D eigenvalue weighted by Crippen LogP contribution is -2.34. The lowest BCUT2D eigenvalue weighted by Gasteiger charge is -2.46. The molecular weight excluding hydrogens is 204 g/mol. The Kier molecular flexibility index (Phi) is 3.91. The third-order valence-corrected chi connectivity index (χ3v) is 4.84. The highest BCUT2D eigenvalue weighted by Gasteiger charge is 2.40. The molecule has 0 nitrogen and oxygen atoms in total. The first-order chi connectivity index (χ1) is 8.20. The topological polar surface area (TPSA) is 0 Å². The highest BCUT2D eigenvalue weighted by atomic mass is 14.4. The van der Waals surface area contributed by atoms with Crippen LogP contribution in [0, 0.1) is 11.3 Å². The Morgan fingerprint density at radius 1 is 1.24 bits per heavy atom. The lowest BCUT2D eigenvalue weighted by atomic mass is 9.58. The van der Waals surface area contributed by atoms with E-state index in [0.717, 1.165) is 5.92 Å². The van der Waals surface area contributed by atoms with E-state index in [-0.39, 0.29) is 0 Å². The van der Waals surface area contributed by atoms with Gasteiger partial charge in [-0.1, -0.05) is 56.1 Å². The lowest BCUT2D eigenvalue weighted by molar-refractivity contribution is 0.115. The van der Waals surface area contributed by atoms with Crippen LogP contribution in [0.5, 0.6) is 0 Å². The molecule has 94 valence electrons. The van der Waals surface area contributed by atoms with E-state index in [1.807, 2.05) is 6.08 Å². The van der Waals surface area contributed by atoms with E-state index in [1.54, 1.807) is 5.57 Å². The summed E-state index contributed by atoms with van der Waals surface area (Å²) in [6, 6.07) is 0. The molecule has 2 aliphatic rings. The van der Waals surface area contributed by atoms with Crippen molar-refractivity contribution in [2.45, 2.75) is 58.8 Å². The minimum Gasteiger partial charge on any atom is -0.0988 e. The van der Waals surface area contributed by atoms with Crippen LogP contribution in [0.3, 0.4) is 0 Å². The second kappa shape index (κ2) is 5.25. The molecule has 17 heavy (non-hydrogen) atoms. The van der Waals surface area contributed by atoms with E-state index >= 15 is 0 Å². The third kappa shape index (κ3) is 2.56. The zero-order valence-corrected chi connectivity index (χ0v) is 11.5.